The molecule has 8 aliphatic rings. The van der Waals surface area contributed by atoms with Crippen LogP contribution in [0.1, 0.15) is 313 Å². The Balaban J connectivity index is 0.000000139. The molecule has 0 aromatic heterocycles. The average molecular weight is 2060 g/mol. The van der Waals surface area contributed by atoms with E-state index in [2.05, 4.69) is 292 Å². The van der Waals surface area contributed by atoms with Gasteiger partial charge in [0.15, 0.2) is 44.1 Å². The van der Waals surface area contributed by atoms with Gasteiger partial charge in [0, 0.05) is 26.9 Å². The zero-order valence-corrected chi connectivity index (χ0v) is 86.7. The van der Waals surface area contributed by atoms with E-state index in [0.29, 0.717) is 43.2 Å². The summed E-state index contributed by atoms with van der Waals surface area (Å²) in [6, 6.07) is 105. The largest absolute Gasteiger partial charge is 0.449 e. The molecule has 2 unspecified atom stereocenters. The van der Waals surface area contributed by atoms with Crippen molar-refractivity contribution in [2.45, 2.75) is 359 Å². The van der Waals surface area contributed by atoms with Crippen molar-refractivity contribution >= 4 is 52.8 Å². The quantitative estimate of drug-likeness (QED) is 0.0342. The molecule has 1 aliphatic heterocycles. The van der Waals surface area contributed by atoms with Crippen LogP contribution in [0.4, 0.5) is 52.7 Å². The van der Waals surface area contributed by atoms with Gasteiger partial charge < -0.3 is 4.18 Å². The smallest absolute Gasteiger partial charge is 0.377 e. The monoisotopic (exact) mass is 2060 g/mol. The third-order valence-electron chi connectivity index (χ3n) is 30.1. The summed E-state index contributed by atoms with van der Waals surface area (Å²) in [4.78, 5) is 12.2. The standard InChI is InChI=1S/C28H38F6O3S.C25H38.3C18H15S.C13H19F6NO2S/c1-26(29,30)27(31,32)28(33,34)38(35,36)37-25-23(20-13-7-3-8-14-20)17-22(19-11-5-2-6-12-19)18-24(25)21-15-9-4-10-16-21;1-19-24(21-13-7-3-8-14-21)17-23(20-11-5-2-6-12-20)18-25(19)22-15-9-4-10-16-22;3*1-4-10-16(11-5-1)19(17-12-6-2-7-13-17)18-14-8-3-9-15-18;1-11(14,15)12(16,17)13(18,19)23(21,22)20-7-6-9-4-2-3-5-10(9)8-20/h17-21H,2-16H2,1H3;17-18,20-22H,2-16H2,1H3;3*1-15H;9-10H,2-8H2,1H3/q;;3*+1;. The number of halogens is 12. The van der Waals surface area contributed by atoms with Gasteiger partial charge in [-0.15, -0.1) is 0 Å². The topological polar surface area (TPSA) is 80.8 Å². The van der Waals surface area contributed by atoms with E-state index in [1.54, 1.807) is 22.3 Å². The van der Waals surface area contributed by atoms with Crippen molar-refractivity contribution in [2.24, 2.45) is 11.8 Å². The van der Waals surface area contributed by atoms with E-state index in [-0.39, 0.29) is 91.8 Å². The lowest BCUT2D eigenvalue weighted by atomic mass is 9.74. The minimum atomic E-state index is -6.48. The second-order valence-electron chi connectivity index (χ2n) is 40.1. The molecule has 7 aliphatic carbocycles. The zero-order chi connectivity index (χ0) is 101. The molecular formula is C120H140F12NO5S5+3. The normalized spacial score (nSPS) is 18.9. The summed E-state index contributed by atoms with van der Waals surface area (Å²) in [5.41, 5.74) is 8.85. The van der Waals surface area contributed by atoms with Crippen LogP contribution in [0, 0.1) is 18.8 Å². The molecule has 11 aromatic carbocycles. The lowest BCUT2D eigenvalue weighted by molar-refractivity contribution is -0.272. The second kappa shape index (κ2) is 51.3. The molecule has 0 bridgehead atoms. The molecule has 766 valence electrons. The maximum Gasteiger partial charge on any atom is 0.449 e. The predicted octanol–water partition coefficient (Wildman–Crippen LogP) is 35.6. The molecule has 1 saturated heterocycles. The number of benzene rings is 11. The Kier molecular flexibility index (Phi) is 39.4. The summed E-state index contributed by atoms with van der Waals surface area (Å²) in [6.45, 7) is 0.983. The molecule has 2 atom stereocenters. The van der Waals surface area contributed by atoms with Gasteiger partial charge in [-0.3, -0.25) is 0 Å². The Bertz CT molecular complexity index is 5270. The van der Waals surface area contributed by atoms with Crippen molar-refractivity contribution in [2.75, 3.05) is 13.1 Å². The summed E-state index contributed by atoms with van der Waals surface area (Å²) in [5.74, 6) is -20.5. The Hall–Kier alpha value is -8.71. The van der Waals surface area contributed by atoms with E-state index in [9.17, 15) is 69.5 Å². The summed E-state index contributed by atoms with van der Waals surface area (Å²) in [7, 11) is -12.4. The third kappa shape index (κ3) is 27.6. The number of rotatable bonds is 24. The highest BCUT2D eigenvalue weighted by atomic mass is 32.2. The van der Waals surface area contributed by atoms with Crippen LogP contribution in [0.5, 0.6) is 5.75 Å². The maximum atomic E-state index is 14.7. The van der Waals surface area contributed by atoms with Crippen molar-refractivity contribution in [3.05, 3.63) is 336 Å². The Morgan fingerprint density at radius 2 is 0.476 bits per heavy atom. The number of hydrogen-bond donors (Lipinski definition) is 0. The SMILES string of the molecule is CC(F)(F)C(F)(F)C(F)(F)S(=O)(=O)N1CCC2CCCCC2C1.CC(F)(F)C(F)(F)C(F)(F)S(=O)(=O)Oc1c(C2CCCCC2)cc(C2CCCCC2)cc1C1CCCCC1.Cc1c(C2CCCCC2)cc(C2CCCCC2)cc1C1CCCCC1.c1ccc([S+](c2ccccc2)c2ccccc2)cc1.c1ccc([S+](c2ccccc2)c2ccccc2)cc1.c1ccc([S+](c2ccccc2)c2ccccc2)cc1. The predicted molar refractivity (Wildman–Crippen MR) is 558 cm³/mol. The zero-order valence-electron chi connectivity index (χ0n) is 82.6. The molecule has 11 aromatic rings. The van der Waals surface area contributed by atoms with Gasteiger partial charge in [0.2, 0.25) is 0 Å². The molecule has 8 fully saturated rings. The van der Waals surface area contributed by atoms with Gasteiger partial charge in [-0.1, -0.05) is 323 Å². The number of piperidine rings is 1. The van der Waals surface area contributed by atoms with Gasteiger partial charge in [-0.25, -0.2) is 8.42 Å². The molecule has 0 N–H and O–H groups in total. The van der Waals surface area contributed by atoms with Gasteiger partial charge in [-0.2, -0.15) is 65.4 Å². The fourth-order valence-corrected chi connectivity index (χ4v) is 31.1. The highest BCUT2D eigenvalue weighted by Gasteiger charge is 2.78. The summed E-state index contributed by atoms with van der Waals surface area (Å²) in [5, 5.41) is -12.0. The summed E-state index contributed by atoms with van der Waals surface area (Å²) < 4.78 is 220. The summed E-state index contributed by atoms with van der Waals surface area (Å²) >= 11 is 0. The molecule has 0 amide bonds. The van der Waals surface area contributed by atoms with E-state index in [0.717, 1.165) is 113 Å². The highest BCUT2D eigenvalue weighted by Crippen LogP contribution is 2.55. The fourth-order valence-electron chi connectivity index (χ4n) is 22.2. The van der Waals surface area contributed by atoms with Crippen LogP contribution in [0.2, 0.25) is 0 Å². The number of nitrogens with zero attached hydrogens (tertiary/aromatic N) is 1. The molecule has 23 heteroatoms. The van der Waals surface area contributed by atoms with Gasteiger partial charge in [0.1, 0.15) is 5.75 Å². The van der Waals surface area contributed by atoms with E-state index < -0.39 is 68.2 Å². The van der Waals surface area contributed by atoms with Gasteiger partial charge in [-0.05, 0) is 292 Å². The van der Waals surface area contributed by atoms with Crippen LogP contribution in [0.15, 0.2) is 341 Å². The highest BCUT2D eigenvalue weighted by molar-refractivity contribution is 7.97. The second-order valence-corrected chi connectivity index (χ2v) is 49.7. The molecule has 143 heavy (non-hydrogen) atoms. The van der Waals surface area contributed by atoms with E-state index >= 15 is 0 Å². The van der Waals surface area contributed by atoms with Gasteiger partial charge in [0.05, 0.1) is 32.7 Å². The van der Waals surface area contributed by atoms with Crippen LogP contribution in [0.25, 0.3) is 0 Å². The van der Waals surface area contributed by atoms with Crippen molar-refractivity contribution in [1.82, 2.24) is 4.31 Å². The molecule has 0 radical (unpaired) electrons. The number of alkyl halides is 12. The van der Waals surface area contributed by atoms with Crippen LogP contribution >= 0.6 is 0 Å². The average Bonchev–Trinajstić information content (AvgIpc) is 0.731. The molecule has 0 spiro atoms. The lowest BCUT2D eigenvalue weighted by Crippen LogP contribution is -2.61. The van der Waals surface area contributed by atoms with Crippen molar-refractivity contribution in [1.29, 1.82) is 0 Å². The Morgan fingerprint density at radius 3 is 0.720 bits per heavy atom. The van der Waals surface area contributed by atoms with Crippen LogP contribution < -0.4 is 4.18 Å². The van der Waals surface area contributed by atoms with Crippen LogP contribution in [-0.4, -0.2) is 68.4 Å². The first-order chi connectivity index (χ1) is 68.8. The Labute approximate surface area is 850 Å². The Morgan fingerprint density at radius 1 is 0.266 bits per heavy atom. The van der Waals surface area contributed by atoms with Crippen molar-refractivity contribution in [3.63, 3.8) is 0 Å². The fraction of sp³-hybridized carbons (Fsp3) is 0.450. The maximum absolute atomic E-state index is 14.7. The minimum absolute atomic E-state index is 0.0146. The van der Waals surface area contributed by atoms with Gasteiger partial charge >= 0.3 is 44.3 Å². The van der Waals surface area contributed by atoms with Gasteiger partial charge in [0.25, 0.3) is 10.0 Å². The number of hydrogen-bond acceptors (Lipinski definition) is 5. The summed E-state index contributed by atoms with van der Waals surface area (Å²) in [6.07, 6.45) is 38.7. The molecule has 7 saturated carbocycles. The first-order valence-corrected chi connectivity index (χ1v) is 58.5. The van der Waals surface area contributed by atoms with Crippen LogP contribution in [-0.2, 0) is 52.8 Å². The first-order valence-electron chi connectivity index (χ1n) is 52.0. The van der Waals surface area contributed by atoms with Crippen molar-refractivity contribution < 1.29 is 73.7 Å². The molecule has 1 heterocycles. The third-order valence-corrected chi connectivity index (χ3v) is 40.0. The molecule has 19 rings (SSSR count). The van der Waals surface area contributed by atoms with E-state index in [4.69, 9.17) is 4.18 Å². The molecular weight excluding hydrogens is 1920 g/mol. The number of fused-ring (bicyclic) bond motifs is 1. The van der Waals surface area contributed by atoms with E-state index in [1.807, 2.05) is 12.1 Å². The van der Waals surface area contributed by atoms with Crippen molar-refractivity contribution in [3.8, 4) is 5.75 Å². The minimum Gasteiger partial charge on any atom is -0.377 e. The van der Waals surface area contributed by atoms with E-state index in [1.165, 1.54) is 140 Å². The first kappa shape index (κ1) is 110. The van der Waals surface area contributed by atoms with Crippen LogP contribution in [0.3, 0.4) is 0 Å². The lowest BCUT2D eigenvalue weighted by Gasteiger charge is -2.42. The molecule has 6 nitrogen and oxygen atoms in total. The number of sulfonamides is 1.